The quantitative estimate of drug-likeness (QED) is 0.730. The van der Waals surface area contributed by atoms with Gasteiger partial charge in [0.25, 0.3) is 0 Å². The third kappa shape index (κ3) is 3.95. The zero-order chi connectivity index (χ0) is 16.1. The molecule has 1 aromatic heterocycles. The van der Waals surface area contributed by atoms with Gasteiger partial charge < -0.3 is 5.32 Å². The summed E-state index contributed by atoms with van der Waals surface area (Å²) in [5.74, 6) is -0.0484. The maximum absolute atomic E-state index is 12.3. The van der Waals surface area contributed by atoms with Gasteiger partial charge in [0.15, 0.2) is 0 Å². The van der Waals surface area contributed by atoms with Crippen molar-refractivity contribution in [3.8, 4) is 5.69 Å². The van der Waals surface area contributed by atoms with Gasteiger partial charge >= 0.3 is 0 Å². The number of tetrazole rings is 1. The monoisotopic (exact) mass is 325 g/mol. The second-order valence-corrected chi connectivity index (χ2v) is 6.28. The number of hydrogen-bond acceptors (Lipinski definition) is 5. The van der Waals surface area contributed by atoms with E-state index in [1.807, 2.05) is 61.5 Å². The fourth-order valence-corrected chi connectivity index (χ4v) is 2.89. The van der Waals surface area contributed by atoms with E-state index in [0.717, 1.165) is 10.6 Å². The fraction of sp³-hybridized carbons (Fsp3) is 0.125. The number of rotatable bonds is 5. The van der Waals surface area contributed by atoms with Crippen LogP contribution in [-0.2, 0) is 4.79 Å². The van der Waals surface area contributed by atoms with Crippen LogP contribution in [0.3, 0.4) is 0 Å². The Morgan fingerprint density at radius 1 is 1.17 bits per heavy atom. The van der Waals surface area contributed by atoms with Crippen molar-refractivity contribution in [2.24, 2.45) is 0 Å². The van der Waals surface area contributed by atoms with Gasteiger partial charge in [0.1, 0.15) is 6.33 Å². The molecule has 1 heterocycles. The molecule has 0 unspecified atom stereocenters. The number of anilines is 1. The normalized spacial score (nSPS) is 11.9. The third-order valence-electron chi connectivity index (χ3n) is 3.15. The second kappa shape index (κ2) is 7.06. The molecular formula is C16H15N5OS. The Bertz CT molecular complexity index is 776. The Morgan fingerprint density at radius 3 is 2.74 bits per heavy atom. The highest BCUT2D eigenvalue weighted by molar-refractivity contribution is 8.00. The molecule has 3 aromatic rings. The SMILES string of the molecule is C[C@H](Sc1ccccc1)C(=O)Nc1cccc(-n2cnnn2)c1. The molecule has 116 valence electrons. The molecule has 0 saturated heterocycles. The van der Waals surface area contributed by atoms with Crippen molar-refractivity contribution in [2.75, 3.05) is 5.32 Å². The van der Waals surface area contributed by atoms with Crippen LogP contribution in [0.25, 0.3) is 5.69 Å². The zero-order valence-corrected chi connectivity index (χ0v) is 13.3. The van der Waals surface area contributed by atoms with Crippen LogP contribution in [0.1, 0.15) is 6.92 Å². The molecule has 0 saturated carbocycles. The van der Waals surface area contributed by atoms with Crippen LogP contribution in [0.4, 0.5) is 5.69 Å². The lowest BCUT2D eigenvalue weighted by Crippen LogP contribution is -2.22. The number of carbonyl (C=O) groups excluding carboxylic acids is 1. The molecule has 2 aromatic carbocycles. The maximum atomic E-state index is 12.3. The first-order valence-corrected chi connectivity index (χ1v) is 7.96. The Hall–Kier alpha value is -2.67. The predicted octanol–water partition coefficient (Wildman–Crippen LogP) is 2.78. The fourth-order valence-electron chi connectivity index (χ4n) is 2.01. The molecule has 0 aliphatic carbocycles. The van der Waals surface area contributed by atoms with Crippen LogP contribution in [0, 0.1) is 0 Å². The Morgan fingerprint density at radius 2 is 2.00 bits per heavy atom. The molecule has 3 rings (SSSR count). The van der Waals surface area contributed by atoms with Crippen LogP contribution in [0.15, 0.2) is 65.8 Å². The Kier molecular flexibility index (Phi) is 4.68. The van der Waals surface area contributed by atoms with Gasteiger partial charge in [-0.2, -0.15) is 0 Å². The van der Waals surface area contributed by atoms with Crippen LogP contribution in [0.2, 0.25) is 0 Å². The number of nitrogens with one attached hydrogen (secondary N) is 1. The third-order valence-corrected chi connectivity index (χ3v) is 4.26. The van der Waals surface area contributed by atoms with Crippen LogP contribution in [-0.4, -0.2) is 31.4 Å². The lowest BCUT2D eigenvalue weighted by atomic mass is 10.2. The molecule has 1 amide bonds. The van der Waals surface area contributed by atoms with E-state index < -0.39 is 0 Å². The number of thioether (sulfide) groups is 1. The van der Waals surface area contributed by atoms with E-state index in [9.17, 15) is 4.79 Å². The highest BCUT2D eigenvalue weighted by Crippen LogP contribution is 2.24. The van der Waals surface area contributed by atoms with E-state index in [2.05, 4.69) is 20.8 Å². The van der Waals surface area contributed by atoms with Crippen molar-refractivity contribution in [1.29, 1.82) is 0 Å². The summed E-state index contributed by atoms with van der Waals surface area (Å²) in [5.41, 5.74) is 1.50. The van der Waals surface area contributed by atoms with Crippen molar-refractivity contribution < 1.29 is 4.79 Å². The highest BCUT2D eigenvalue weighted by atomic mass is 32.2. The number of carbonyl (C=O) groups is 1. The first-order chi connectivity index (χ1) is 11.2. The summed E-state index contributed by atoms with van der Waals surface area (Å²) < 4.78 is 1.54. The van der Waals surface area contributed by atoms with E-state index in [-0.39, 0.29) is 11.2 Å². The molecule has 0 aliphatic rings. The summed E-state index contributed by atoms with van der Waals surface area (Å²) in [6.45, 7) is 1.89. The van der Waals surface area contributed by atoms with Gasteiger partial charge in [0, 0.05) is 10.6 Å². The molecule has 1 atom stereocenters. The van der Waals surface area contributed by atoms with Gasteiger partial charge in [-0.1, -0.05) is 24.3 Å². The zero-order valence-electron chi connectivity index (χ0n) is 12.5. The number of nitrogens with zero attached hydrogens (tertiary/aromatic N) is 4. The van der Waals surface area contributed by atoms with Crippen molar-refractivity contribution in [1.82, 2.24) is 20.2 Å². The average molecular weight is 325 g/mol. The van der Waals surface area contributed by atoms with Gasteiger partial charge in [0.05, 0.1) is 10.9 Å². The van der Waals surface area contributed by atoms with Gasteiger partial charge in [-0.25, -0.2) is 4.68 Å². The Balaban J connectivity index is 1.67. The predicted molar refractivity (Wildman–Crippen MR) is 89.5 cm³/mol. The molecule has 0 fully saturated rings. The topological polar surface area (TPSA) is 72.7 Å². The Labute approximate surface area is 137 Å². The van der Waals surface area contributed by atoms with E-state index in [4.69, 9.17) is 0 Å². The van der Waals surface area contributed by atoms with Gasteiger partial charge in [0.2, 0.25) is 5.91 Å². The molecule has 1 N–H and O–H groups in total. The van der Waals surface area contributed by atoms with Gasteiger partial charge in [-0.05, 0) is 47.7 Å². The average Bonchev–Trinajstić information content (AvgIpc) is 3.10. The number of aromatic nitrogens is 4. The maximum Gasteiger partial charge on any atom is 0.237 e. The minimum atomic E-state index is -0.200. The summed E-state index contributed by atoms with van der Waals surface area (Å²) in [7, 11) is 0. The van der Waals surface area contributed by atoms with Crippen LogP contribution < -0.4 is 5.32 Å². The minimum absolute atomic E-state index is 0.0484. The van der Waals surface area contributed by atoms with Crippen molar-refractivity contribution in [3.63, 3.8) is 0 Å². The number of benzene rings is 2. The van der Waals surface area contributed by atoms with Gasteiger partial charge in [-0.3, -0.25) is 4.79 Å². The summed E-state index contributed by atoms with van der Waals surface area (Å²) in [4.78, 5) is 13.4. The van der Waals surface area contributed by atoms with E-state index in [1.54, 1.807) is 0 Å². The molecule has 0 bridgehead atoms. The number of hydrogen-bond donors (Lipinski definition) is 1. The van der Waals surface area contributed by atoms with E-state index in [1.165, 1.54) is 22.8 Å². The lowest BCUT2D eigenvalue weighted by molar-refractivity contribution is -0.115. The molecule has 0 aliphatic heterocycles. The molecular weight excluding hydrogens is 310 g/mol. The summed E-state index contributed by atoms with van der Waals surface area (Å²) in [5, 5.41) is 13.8. The van der Waals surface area contributed by atoms with Crippen molar-refractivity contribution in [3.05, 3.63) is 60.9 Å². The second-order valence-electron chi connectivity index (χ2n) is 4.87. The summed E-state index contributed by atoms with van der Waals surface area (Å²) >= 11 is 1.52. The van der Waals surface area contributed by atoms with Gasteiger partial charge in [-0.15, -0.1) is 16.9 Å². The van der Waals surface area contributed by atoms with Crippen molar-refractivity contribution in [2.45, 2.75) is 17.1 Å². The first kappa shape index (κ1) is 15.2. The standard InChI is InChI=1S/C16H15N5OS/c1-12(23-15-8-3-2-4-9-15)16(22)18-13-6-5-7-14(10-13)21-11-17-19-20-21/h2-12H,1H3,(H,18,22)/t12-/m0/s1. The lowest BCUT2D eigenvalue weighted by Gasteiger charge is -2.12. The van der Waals surface area contributed by atoms with Crippen molar-refractivity contribution >= 4 is 23.4 Å². The van der Waals surface area contributed by atoms with E-state index in [0.29, 0.717) is 5.69 Å². The first-order valence-electron chi connectivity index (χ1n) is 7.08. The van der Waals surface area contributed by atoms with Crippen LogP contribution >= 0.6 is 11.8 Å². The summed E-state index contributed by atoms with van der Waals surface area (Å²) in [6, 6.07) is 17.2. The molecule has 6 nitrogen and oxygen atoms in total. The number of amides is 1. The highest BCUT2D eigenvalue weighted by Gasteiger charge is 2.14. The van der Waals surface area contributed by atoms with E-state index >= 15 is 0 Å². The minimum Gasteiger partial charge on any atom is -0.325 e. The summed E-state index contributed by atoms with van der Waals surface area (Å²) in [6.07, 6.45) is 1.51. The molecule has 0 spiro atoms. The molecule has 7 heteroatoms. The molecule has 0 radical (unpaired) electrons. The van der Waals surface area contributed by atoms with Crippen LogP contribution in [0.5, 0.6) is 0 Å². The molecule has 23 heavy (non-hydrogen) atoms. The smallest absolute Gasteiger partial charge is 0.237 e. The largest absolute Gasteiger partial charge is 0.325 e.